The lowest BCUT2D eigenvalue weighted by atomic mass is 10.0. The summed E-state index contributed by atoms with van der Waals surface area (Å²) in [6.07, 6.45) is -12.0. The van der Waals surface area contributed by atoms with Gasteiger partial charge in [0, 0.05) is 11.9 Å². The Morgan fingerprint density at radius 3 is 2.40 bits per heavy atom. The number of carbonyl (C=O) groups excluding carboxylic acids is 1. The Morgan fingerprint density at radius 1 is 1.18 bits per heavy atom. The van der Waals surface area contributed by atoms with E-state index in [9.17, 15) is 49.5 Å². The zero-order valence-electron chi connectivity index (χ0n) is 21.0. The third kappa shape index (κ3) is 6.68. The molecule has 2 N–H and O–H groups in total. The SMILES string of the molecule is C[C@@H](C[C@H]1CN(S(=O)(=O)c2ccnc(C(F)(F)F)c2)c2cc(NC(=O)OC(C)(C)C(F)(F)F)ccc2O1)C(=O)O. The molecule has 1 aliphatic rings. The minimum absolute atomic E-state index is 0.142. The summed E-state index contributed by atoms with van der Waals surface area (Å²) in [6, 6.07) is 4.47. The van der Waals surface area contributed by atoms with E-state index in [4.69, 9.17) is 4.74 Å². The molecule has 10 nitrogen and oxygen atoms in total. The monoisotopic (exact) mass is 599 g/mol. The topological polar surface area (TPSA) is 135 Å². The first-order valence-corrected chi connectivity index (χ1v) is 12.8. The van der Waals surface area contributed by atoms with Gasteiger partial charge < -0.3 is 14.6 Å². The predicted molar refractivity (Wildman–Crippen MR) is 126 cm³/mol. The fourth-order valence-electron chi connectivity index (χ4n) is 3.52. The number of aliphatic carboxylic acids is 1. The van der Waals surface area contributed by atoms with Crippen LogP contribution < -0.4 is 14.4 Å². The molecule has 40 heavy (non-hydrogen) atoms. The van der Waals surface area contributed by atoms with E-state index < -0.39 is 69.2 Å². The lowest BCUT2D eigenvalue weighted by Gasteiger charge is -2.36. The molecule has 2 aromatic rings. The van der Waals surface area contributed by atoms with Crippen molar-refractivity contribution >= 4 is 33.5 Å². The van der Waals surface area contributed by atoms with Crippen LogP contribution in [0.5, 0.6) is 5.75 Å². The maximum atomic E-state index is 13.5. The van der Waals surface area contributed by atoms with Crippen LogP contribution in [0, 0.1) is 5.92 Å². The van der Waals surface area contributed by atoms with Crippen LogP contribution in [0.1, 0.15) is 32.9 Å². The van der Waals surface area contributed by atoms with Gasteiger partial charge in [0.2, 0.25) is 5.60 Å². The molecule has 0 radical (unpaired) electrons. The molecular weight excluding hydrogens is 576 g/mol. The van der Waals surface area contributed by atoms with E-state index in [0.717, 1.165) is 24.3 Å². The number of carboxylic acid groups (broad SMARTS) is 1. The Hall–Kier alpha value is -3.76. The Morgan fingerprint density at radius 2 is 1.82 bits per heavy atom. The summed E-state index contributed by atoms with van der Waals surface area (Å²) in [4.78, 5) is 25.8. The molecule has 2 atom stereocenters. The maximum absolute atomic E-state index is 13.5. The van der Waals surface area contributed by atoms with E-state index in [-0.39, 0.29) is 23.5 Å². The second kappa shape index (κ2) is 10.7. The first-order chi connectivity index (χ1) is 18.2. The van der Waals surface area contributed by atoms with Gasteiger partial charge >= 0.3 is 24.4 Å². The van der Waals surface area contributed by atoms with Crippen LogP contribution in [-0.2, 0) is 25.7 Å². The summed E-state index contributed by atoms with van der Waals surface area (Å²) in [7, 11) is -4.77. The Bertz CT molecular complexity index is 1400. The third-order valence-electron chi connectivity index (χ3n) is 5.82. The summed E-state index contributed by atoms with van der Waals surface area (Å²) >= 11 is 0. The van der Waals surface area contributed by atoms with E-state index in [2.05, 4.69) is 9.72 Å². The third-order valence-corrected chi connectivity index (χ3v) is 7.59. The number of rotatable bonds is 7. The van der Waals surface area contributed by atoms with Gasteiger partial charge in [0.1, 0.15) is 17.5 Å². The van der Waals surface area contributed by atoms with E-state index in [1.54, 1.807) is 0 Å². The lowest BCUT2D eigenvalue weighted by Crippen LogP contribution is -2.45. The number of carbonyl (C=O) groups is 2. The van der Waals surface area contributed by atoms with Crippen LogP contribution >= 0.6 is 0 Å². The molecule has 0 unspecified atom stereocenters. The molecule has 1 aromatic carbocycles. The van der Waals surface area contributed by atoms with E-state index in [1.165, 1.54) is 6.92 Å². The Kier molecular flexibility index (Phi) is 8.21. The number of nitrogens with one attached hydrogen (secondary N) is 1. The van der Waals surface area contributed by atoms with Crippen molar-refractivity contribution in [3.63, 3.8) is 0 Å². The molecule has 1 amide bonds. The van der Waals surface area contributed by atoms with Crippen molar-refractivity contribution in [1.29, 1.82) is 0 Å². The average molecular weight is 600 g/mol. The molecule has 2 heterocycles. The van der Waals surface area contributed by atoms with Crippen molar-refractivity contribution in [1.82, 2.24) is 4.98 Å². The highest BCUT2D eigenvalue weighted by molar-refractivity contribution is 7.92. The zero-order chi connectivity index (χ0) is 30.3. The van der Waals surface area contributed by atoms with Crippen LogP contribution in [0.15, 0.2) is 41.4 Å². The number of benzene rings is 1. The van der Waals surface area contributed by atoms with Gasteiger partial charge in [0.15, 0.2) is 0 Å². The van der Waals surface area contributed by atoms with Crippen molar-refractivity contribution in [3.05, 3.63) is 42.2 Å². The van der Waals surface area contributed by atoms with Crippen molar-refractivity contribution in [3.8, 4) is 5.75 Å². The standard InChI is InChI=1S/C23H23F6N3O7S/c1-12(19(33)34)8-14-11-32(40(36,37)15-6-7-30-18(10-15)22(24,25)26)16-9-13(4-5-17(16)38-14)31-20(35)39-21(2,3)23(27,28)29/h4-7,9-10,12,14H,8,11H2,1-3H3,(H,31,35)(H,33,34)/t12-,14-/m0/s1. The van der Waals surface area contributed by atoms with Crippen LogP contribution in [-0.4, -0.2) is 55.0 Å². The van der Waals surface area contributed by atoms with Crippen molar-refractivity contribution in [2.75, 3.05) is 16.2 Å². The molecule has 0 fully saturated rings. The number of nitrogens with zero attached hydrogens (tertiary/aromatic N) is 2. The molecule has 0 saturated carbocycles. The van der Waals surface area contributed by atoms with Gasteiger partial charge in [0.25, 0.3) is 10.0 Å². The molecule has 0 saturated heterocycles. The van der Waals surface area contributed by atoms with Crippen LogP contribution in [0.4, 0.5) is 42.5 Å². The number of carboxylic acids is 1. The molecule has 1 aliphatic heterocycles. The number of fused-ring (bicyclic) bond motifs is 1. The number of hydrogen-bond donors (Lipinski definition) is 2. The van der Waals surface area contributed by atoms with E-state index in [0.29, 0.717) is 30.4 Å². The first-order valence-electron chi connectivity index (χ1n) is 11.4. The first kappa shape index (κ1) is 30.8. The molecular formula is C23H23F6N3O7S. The number of hydrogen-bond acceptors (Lipinski definition) is 7. The lowest BCUT2D eigenvalue weighted by molar-refractivity contribution is -0.242. The van der Waals surface area contributed by atoms with E-state index in [1.807, 2.05) is 5.32 Å². The number of alkyl halides is 6. The van der Waals surface area contributed by atoms with Crippen LogP contribution in [0.2, 0.25) is 0 Å². The van der Waals surface area contributed by atoms with Gasteiger partial charge in [-0.15, -0.1) is 0 Å². The second-order valence-electron chi connectivity index (χ2n) is 9.33. The predicted octanol–water partition coefficient (Wildman–Crippen LogP) is 5.06. The Labute approximate surface area is 223 Å². The minimum atomic E-state index is -4.96. The molecule has 0 bridgehead atoms. The summed E-state index contributed by atoms with van der Waals surface area (Å²) in [5.74, 6) is -2.33. The van der Waals surface area contributed by atoms with Crippen LogP contribution in [0.25, 0.3) is 0 Å². The van der Waals surface area contributed by atoms with Gasteiger partial charge in [-0.25, -0.2) is 13.2 Å². The molecule has 0 aliphatic carbocycles. The number of aromatic nitrogens is 1. The second-order valence-corrected chi connectivity index (χ2v) is 11.2. The van der Waals surface area contributed by atoms with Gasteiger partial charge in [-0.3, -0.25) is 19.4 Å². The van der Waals surface area contributed by atoms with E-state index >= 15 is 0 Å². The van der Waals surface area contributed by atoms with Crippen molar-refractivity contribution in [2.24, 2.45) is 5.92 Å². The van der Waals surface area contributed by atoms with Crippen LogP contribution in [0.3, 0.4) is 0 Å². The van der Waals surface area contributed by atoms with Gasteiger partial charge in [-0.05, 0) is 50.6 Å². The number of sulfonamides is 1. The fraction of sp³-hybridized carbons (Fsp3) is 0.435. The summed E-state index contributed by atoms with van der Waals surface area (Å²) < 4.78 is 117. The quantitative estimate of drug-likeness (QED) is 0.422. The number of ether oxygens (including phenoxy) is 2. The molecule has 1 aromatic heterocycles. The van der Waals surface area contributed by atoms with Gasteiger partial charge in [-0.2, -0.15) is 26.3 Å². The smallest absolute Gasteiger partial charge is 0.433 e. The van der Waals surface area contributed by atoms with Gasteiger partial charge in [0.05, 0.1) is 23.0 Å². The number of halogens is 6. The summed E-state index contributed by atoms with van der Waals surface area (Å²) in [5, 5.41) is 11.3. The maximum Gasteiger partial charge on any atom is 0.433 e. The normalized spacial score (nSPS) is 16.9. The molecule has 220 valence electrons. The number of anilines is 2. The van der Waals surface area contributed by atoms with Crippen molar-refractivity contribution < 1.29 is 58.9 Å². The molecule has 3 rings (SSSR count). The van der Waals surface area contributed by atoms with Gasteiger partial charge in [-0.1, -0.05) is 6.92 Å². The molecule has 0 spiro atoms. The summed E-state index contributed by atoms with van der Waals surface area (Å²) in [5.41, 5.74) is -4.86. The molecule has 17 heteroatoms. The highest BCUT2D eigenvalue weighted by Gasteiger charge is 2.51. The van der Waals surface area contributed by atoms with Crippen molar-refractivity contribution in [2.45, 2.75) is 56.1 Å². The average Bonchev–Trinajstić information content (AvgIpc) is 2.82. The highest BCUT2D eigenvalue weighted by atomic mass is 32.2. The fourth-order valence-corrected chi connectivity index (χ4v) is 5.03. The number of pyridine rings is 1. The Balaban J connectivity index is 2.02. The zero-order valence-corrected chi connectivity index (χ0v) is 21.8. The highest BCUT2D eigenvalue weighted by Crippen LogP contribution is 2.41. The number of amides is 1. The summed E-state index contributed by atoms with van der Waals surface area (Å²) in [6.45, 7) is 2.04. The minimum Gasteiger partial charge on any atom is -0.486 e. The largest absolute Gasteiger partial charge is 0.486 e.